The van der Waals surface area contributed by atoms with Gasteiger partial charge in [-0.05, 0) is 54.8 Å². The van der Waals surface area contributed by atoms with Crippen LogP contribution in [0.3, 0.4) is 0 Å². The molecule has 0 bridgehead atoms. The molecule has 6 rings (SSSR count). The summed E-state index contributed by atoms with van der Waals surface area (Å²) in [5, 5.41) is 10.2. The largest absolute Gasteiger partial charge is 0.464 e. The van der Waals surface area contributed by atoms with Gasteiger partial charge in [0.2, 0.25) is 5.91 Å². The minimum Gasteiger partial charge on any atom is -0.464 e. The van der Waals surface area contributed by atoms with Crippen molar-refractivity contribution in [1.29, 1.82) is 5.26 Å². The number of rotatable bonds is 6. The topological polar surface area (TPSA) is 121 Å². The molecule has 12 heteroatoms. The lowest BCUT2D eigenvalue weighted by atomic mass is 10.0. The van der Waals surface area contributed by atoms with Gasteiger partial charge in [-0.2, -0.15) is 10.2 Å². The molecule has 1 amide bonds. The van der Waals surface area contributed by atoms with Crippen LogP contribution in [0.5, 0.6) is 0 Å². The van der Waals surface area contributed by atoms with Crippen molar-refractivity contribution in [2.24, 2.45) is 0 Å². The molecule has 45 heavy (non-hydrogen) atoms. The van der Waals surface area contributed by atoms with E-state index in [1.54, 1.807) is 28.1 Å². The number of piperazine rings is 1. The average Bonchev–Trinajstić information content (AvgIpc) is 3.50. The zero-order chi connectivity index (χ0) is 32.0. The minimum absolute atomic E-state index is 0.0287. The van der Waals surface area contributed by atoms with Crippen LogP contribution in [-0.2, 0) is 4.79 Å². The Morgan fingerprint density at radius 2 is 2.00 bits per heavy atom. The van der Waals surface area contributed by atoms with E-state index < -0.39 is 23.4 Å². The van der Waals surface area contributed by atoms with Gasteiger partial charge in [-0.3, -0.25) is 9.78 Å². The summed E-state index contributed by atoms with van der Waals surface area (Å²) < 4.78 is 38.4. The molecular formula is C33H29F2N7O3. The highest BCUT2D eigenvalue weighted by Gasteiger charge is 2.32. The van der Waals surface area contributed by atoms with Crippen LogP contribution >= 0.6 is 0 Å². The number of fused-ring (bicyclic) bond motifs is 2. The molecule has 5 heterocycles. The molecule has 10 nitrogen and oxygen atoms in total. The molecule has 1 atom stereocenters. The van der Waals surface area contributed by atoms with E-state index >= 15 is 8.78 Å². The summed E-state index contributed by atoms with van der Waals surface area (Å²) in [5.74, 6) is -1.86. The first-order valence-electron chi connectivity index (χ1n) is 14.4. The molecule has 1 aromatic carbocycles. The number of carbonyl (C=O) groups is 1. The number of nitrogens with zero attached hydrogens (tertiary/aromatic N) is 7. The summed E-state index contributed by atoms with van der Waals surface area (Å²) in [4.78, 5) is 43.5. The number of nitriles is 1. The molecule has 0 unspecified atom stereocenters. The maximum atomic E-state index is 16.2. The zero-order valence-corrected chi connectivity index (χ0v) is 24.9. The SMILES string of the molecule is C=CC(=O)N1CCN(c2nc(=O)n(-c3c(C)ccnc3C(C)C)c3nc(-c4c(F)ccc5ccoc45)c(F)cc23)C[C@@H]1CC#N. The van der Waals surface area contributed by atoms with Crippen molar-refractivity contribution in [2.45, 2.75) is 39.2 Å². The normalized spacial score (nSPS) is 15.2. The van der Waals surface area contributed by atoms with E-state index in [9.17, 15) is 14.9 Å². The fourth-order valence-electron chi connectivity index (χ4n) is 5.97. The zero-order valence-electron chi connectivity index (χ0n) is 24.9. The molecule has 1 aliphatic rings. The second-order valence-electron chi connectivity index (χ2n) is 11.2. The Morgan fingerprint density at radius 1 is 1.20 bits per heavy atom. The predicted octanol–water partition coefficient (Wildman–Crippen LogP) is 5.42. The van der Waals surface area contributed by atoms with Crippen molar-refractivity contribution in [3.05, 3.63) is 88.8 Å². The van der Waals surface area contributed by atoms with E-state index in [-0.39, 0.29) is 71.6 Å². The van der Waals surface area contributed by atoms with Crippen molar-refractivity contribution >= 4 is 33.7 Å². The number of amides is 1. The molecular weight excluding hydrogens is 580 g/mol. The number of hydrogen-bond donors (Lipinski definition) is 0. The lowest BCUT2D eigenvalue weighted by Crippen LogP contribution is -2.55. The molecule has 0 N–H and O–H groups in total. The first-order valence-corrected chi connectivity index (χ1v) is 14.4. The number of furan rings is 1. The van der Waals surface area contributed by atoms with Gasteiger partial charge in [-0.15, -0.1) is 0 Å². The van der Waals surface area contributed by atoms with Crippen molar-refractivity contribution in [3.8, 4) is 23.0 Å². The highest BCUT2D eigenvalue weighted by molar-refractivity contribution is 5.95. The van der Waals surface area contributed by atoms with Crippen LogP contribution in [-0.4, -0.2) is 56.0 Å². The van der Waals surface area contributed by atoms with Gasteiger partial charge >= 0.3 is 5.69 Å². The van der Waals surface area contributed by atoms with Gasteiger partial charge in [0.25, 0.3) is 0 Å². The molecule has 0 spiro atoms. The van der Waals surface area contributed by atoms with Gasteiger partial charge in [-0.25, -0.2) is 23.1 Å². The number of anilines is 1. The predicted molar refractivity (Wildman–Crippen MR) is 165 cm³/mol. The van der Waals surface area contributed by atoms with Crippen LogP contribution < -0.4 is 10.6 Å². The summed E-state index contributed by atoms with van der Waals surface area (Å²) in [6.45, 7) is 9.89. The summed E-state index contributed by atoms with van der Waals surface area (Å²) >= 11 is 0. The Balaban J connectivity index is 1.65. The maximum absolute atomic E-state index is 16.2. The third kappa shape index (κ3) is 5.00. The first kappa shape index (κ1) is 29.6. The number of benzene rings is 1. The summed E-state index contributed by atoms with van der Waals surface area (Å²) in [7, 11) is 0. The van der Waals surface area contributed by atoms with Crippen molar-refractivity contribution in [1.82, 2.24) is 24.4 Å². The van der Waals surface area contributed by atoms with E-state index in [0.29, 0.717) is 22.3 Å². The molecule has 0 radical (unpaired) electrons. The monoisotopic (exact) mass is 609 g/mol. The number of halogens is 2. The lowest BCUT2D eigenvalue weighted by molar-refractivity contribution is -0.128. The van der Waals surface area contributed by atoms with E-state index in [1.807, 2.05) is 20.8 Å². The number of aryl methyl sites for hydroxylation is 1. The van der Waals surface area contributed by atoms with Gasteiger partial charge in [-0.1, -0.05) is 20.4 Å². The minimum atomic E-state index is -0.848. The number of aromatic nitrogens is 4. The van der Waals surface area contributed by atoms with Crippen LogP contribution in [0.1, 0.15) is 37.4 Å². The van der Waals surface area contributed by atoms with E-state index in [4.69, 9.17) is 4.42 Å². The van der Waals surface area contributed by atoms with Crippen molar-refractivity contribution < 1.29 is 18.0 Å². The van der Waals surface area contributed by atoms with Gasteiger partial charge in [0.15, 0.2) is 11.5 Å². The Labute approximate surface area is 256 Å². The Kier molecular flexibility index (Phi) is 7.62. The van der Waals surface area contributed by atoms with Crippen molar-refractivity contribution in [3.63, 3.8) is 0 Å². The van der Waals surface area contributed by atoms with Crippen LogP contribution in [0.4, 0.5) is 14.6 Å². The highest BCUT2D eigenvalue weighted by atomic mass is 19.1. The summed E-state index contributed by atoms with van der Waals surface area (Å²) in [6, 6.07) is 8.91. The molecule has 1 saturated heterocycles. The molecule has 4 aromatic heterocycles. The van der Waals surface area contributed by atoms with Crippen LogP contribution in [0.25, 0.3) is 38.9 Å². The second-order valence-corrected chi connectivity index (χ2v) is 11.2. The third-order valence-corrected chi connectivity index (χ3v) is 8.10. The Morgan fingerprint density at radius 3 is 2.73 bits per heavy atom. The molecule has 0 aliphatic carbocycles. The lowest BCUT2D eigenvalue weighted by Gasteiger charge is -2.41. The fourth-order valence-corrected chi connectivity index (χ4v) is 5.97. The smallest absolute Gasteiger partial charge is 0.355 e. The van der Waals surface area contributed by atoms with Crippen LogP contribution in [0, 0.1) is 29.9 Å². The quantitative estimate of drug-likeness (QED) is 0.234. The summed E-state index contributed by atoms with van der Waals surface area (Å²) in [6.07, 6.45) is 4.25. The fraction of sp³-hybridized carbons (Fsp3) is 0.273. The van der Waals surface area contributed by atoms with Gasteiger partial charge in [0.05, 0.1) is 47.1 Å². The van der Waals surface area contributed by atoms with E-state index in [1.165, 1.54) is 35.1 Å². The highest BCUT2D eigenvalue weighted by Crippen LogP contribution is 2.36. The molecule has 5 aromatic rings. The number of hydrogen-bond acceptors (Lipinski definition) is 8. The average molecular weight is 610 g/mol. The summed E-state index contributed by atoms with van der Waals surface area (Å²) in [5.41, 5.74) is 0.727. The maximum Gasteiger partial charge on any atom is 0.355 e. The molecule has 1 fully saturated rings. The number of carbonyl (C=O) groups excluding carboxylic acids is 1. The van der Waals surface area contributed by atoms with Crippen LogP contribution in [0.2, 0.25) is 0 Å². The number of pyridine rings is 2. The van der Waals surface area contributed by atoms with Gasteiger partial charge in [0, 0.05) is 31.2 Å². The first-order chi connectivity index (χ1) is 21.6. The van der Waals surface area contributed by atoms with E-state index in [0.717, 1.165) is 0 Å². The third-order valence-electron chi connectivity index (χ3n) is 8.10. The van der Waals surface area contributed by atoms with Crippen molar-refractivity contribution in [2.75, 3.05) is 24.5 Å². The van der Waals surface area contributed by atoms with Gasteiger partial charge < -0.3 is 14.2 Å². The Bertz CT molecular complexity index is 2100. The molecule has 1 aliphatic heterocycles. The van der Waals surface area contributed by atoms with Crippen LogP contribution in [0.15, 0.2) is 64.7 Å². The molecule has 228 valence electrons. The van der Waals surface area contributed by atoms with E-state index in [2.05, 4.69) is 27.6 Å². The molecule has 0 saturated carbocycles. The van der Waals surface area contributed by atoms with Gasteiger partial charge in [0.1, 0.15) is 22.9 Å². The standard InChI is InChI=1S/C33H29F2N7O3/c1-5-25(43)41-14-13-40(17-21(41)8-11-36)31-22-16-24(35)28(26-23(34)7-6-20-10-15-45-30(20)26)38-32(22)42(33(44)39-31)29-19(4)9-12-37-27(29)18(2)3/h5-7,9-10,12,15-16,18,21H,1,8,13-14,17H2,2-4H3/t21-/m0/s1. The second kappa shape index (κ2) is 11.6. The Hall–Kier alpha value is -5.44.